The number of aromatic nitrogens is 4. The maximum atomic E-state index is 12.9. The standard InChI is InChI=1S/C16H17N5O2/c1-10-12-6-2-3-7-13(12)23-14(10)16(22)21-8-4-5-11(9-21)15-17-19-20-18-15/h2-3,6-7,11H,4-5,8-9H2,1H3,(H,17,18,19,20). The van der Waals surface area contributed by atoms with Crippen LogP contribution in [-0.2, 0) is 0 Å². The molecular weight excluding hydrogens is 294 g/mol. The van der Waals surface area contributed by atoms with Gasteiger partial charge in [-0.25, -0.2) is 0 Å². The van der Waals surface area contributed by atoms with E-state index in [1.54, 1.807) is 0 Å². The molecule has 3 heterocycles. The molecule has 1 amide bonds. The van der Waals surface area contributed by atoms with Crippen LogP contribution in [0.5, 0.6) is 0 Å². The number of rotatable bonds is 2. The zero-order valence-electron chi connectivity index (χ0n) is 12.8. The van der Waals surface area contributed by atoms with Crippen LogP contribution in [0, 0.1) is 6.92 Å². The van der Waals surface area contributed by atoms with Crippen LogP contribution in [-0.4, -0.2) is 44.5 Å². The predicted octanol–water partition coefficient (Wildman–Crippen LogP) is 2.27. The van der Waals surface area contributed by atoms with Crippen LogP contribution >= 0.6 is 0 Å². The molecule has 3 aromatic rings. The molecule has 1 aromatic carbocycles. The van der Waals surface area contributed by atoms with Gasteiger partial charge in [0.2, 0.25) is 0 Å². The van der Waals surface area contributed by atoms with Gasteiger partial charge in [0.1, 0.15) is 5.58 Å². The molecule has 0 aliphatic carbocycles. The third-order valence-corrected chi connectivity index (χ3v) is 4.47. The molecule has 0 bridgehead atoms. The largest absolute Gasteiger partial charge is 0.451 e. The van der Waals surface area contributed by atoms with Crippen molar-refractivity contribution in [3.8, 4) is 0 Å². The van der Waals surface area contributed by atoms with Crippen molar-refractivity contribution in [2.24, 2.45) is 0 Å². The van der Waals surface area contributed by atoms with Gasteiger partial charge in [-0.3, -0.25) is 4.79 Å². The van der Waals surface area contributed by atoms with E-state index in [0.29, 0.717) is 18.1 Å². The van der Waals surface area contributed by atoms with Crippen LogP contribution in [0.3, 0.4) is 0 Å². The Bertz CT molecular complexity index is 839. The Morgan fingerprint density at radius 1 is 1.39 bits per heavy atom. The molecular formula is C16H17N5O2. The number of carbonyl (C=O) groups is 1. The zero-order chi connectivity index (χ0) is 15.8. The number of likely N-dealkylation sites (tertiary alicyclic amines) is 1. The van der Waals surface area contributed by atoms with Gasteiger partial charge in [-0.15, -0.1) is 10.2 Å². The summed E-state index contributed by atoms with van der Waals surface area (Å²) in [6, 6.07) is 7.72. The smallest absolute Gasteiger partial charge is 0.289 e. The highest BCUT2D eigenvalue weighted by Gasteiger charge is 2.30. The summed E-state index contributed by atoms with van der Waals surface area (Å²) in [5.74, 6) is 1.16. The number of nitrogens with one attached hydrogen (secondary N) is 1. The summed E-state index contributed by atoms with van der Waals surface area (Å²) in [4.78, 5) is 14.7. The van der Waals surface area contributed by atoms with Crippen molar-refractivity contribution in [1.29, 1.82) is 0 Å². The van der Waals surface area contributed by atoms with E-state index >= 15 is 0 Å². The molecule has 0 saturated carbocycles. The van der Waals surface area contributed by atoms with Gasteiger partial charge in [0.15, 0.2) is 11.6 Å². The number of aryl methyl sites for hydroxylation is 1. The molecule has 7 heteroatoms. The highest BCUT2D eigenvalue weighted by atomic mass is 16.3. The number of furan rings is 1. The lowest BCUT2D eigenvalue weighted by molar-refractivity contribution is 0.0673. The minimum absolute atomic E-state index is 0.0631. The van der Waals surface area contributed by atoms with E-state index in [-0.39, 0.29) is 11.8 Å². The van der Waals surface area contributed by atoms with Crippen molar-refractivity contribution in [2.75, 3.05) is 13.1 Å². The summed E-state index contributed by atoms with van der Waals surface area (Å²) in [5, 5.41) is 15.2. The van der Waals surface area contributed by atoms with Crippen molar-refractivity contribution in [1.82, 2.24) is 25.5 Å². The number of piperidine rings is 1. The maximum absolute atomic E-state index is 12.9. The number of fused-ring (bicyclic) bond motifs is 1. The Labute approximate surface area is 132 Å². The summed E-state index contributed by atoms with van der Waals surface area (Å²) in [6.45, 7) is 3.25. The van der Waals surface area contributed by atoms with E-state index < -0.39 is 0 Å². The number of amides is 1. The first-order chi connectivity index (χ1) is 11.2. The highest BCUT2D eigenvalue weighted by Crippen LogP contribution is 2.29. The molecule has 2 aromatic heterocycles. The van der Waals surface area contributed by atoms with Crippen molar-refractivity contribution in [3.63, 3.8) is 0 Å². The minimum atomic E-state index is -0.0631. The van der Waals surface area contributed by atoms with E-state index in [1.165, 1.54) is 0 Å². The number of carbonyl (C=O) groups excluding carboxylic acids is 1. The van der Waals surface area contributed by atoms with Crippen LogP contribution in [0.4, 0.5) is 0 Å². The maximum Gasteiger partial charge on any atom is 0.289 e. The van der Waals surface area contributed by atoms with Gasteiger partial charge in [0.25, 0.3) is 5.91 Å². The Hall–Kier alpha value is -2.70. The lowest BCUT2D eigenvalue weighted by Crippen LogP contribution is -2.39. The van der Waals surface area contributed by atoms with Crippen LogP contribution in [0.2, 0.25) is 0 Å². The first-order valence-corrected chi connectivity index (χ1v) is 7.75. The Kier molecular flexibility index (Phi) is 3.33. The number of benzene rings is 1. The average Bonchev–Trinajstić information content (AvgIpc) is 3.23. The van der Waals surface area contributed by atoms with Gasteiger partial charge < -0.3 is 9.32 Å². The van der Waals surface area contributed by atoms with Crippen molar-refractivity contribution < 1.29 is 9.21 Å². The summed E-state index contributed by atoms with van der Waals surface area (Å²) in [5.41, 5.74) is 1.65. The number of para-hydroxylation sites is 1. The zero-order valence-corrected chi connectivity index (χ0v) is 12.8. The molecule has 1 aliphatic rings. The molecule has 1 saturated heterocycles. The molecule has 7 nitrogen and oxygen atoms in total. The van der Waals surface area contributed by atoms with Crippen molar-refractivity contribution in [2.45, 2.75) is 25.7 Å². The summed E-state index contributed by atoms with van der Waals surface area (Å²) >= 11 is 0. The van der Waals surface area contributed by atoms with Gasteiger partial charge in [0.05, 0.1) is 0 Å². The molecule has 4 rings (SSSR count). The fraction of sp³-hybridized carbons (Fsp3) is 0.375. The quantitative estimate of drug-likeness (QED) is 0.784. The molecule has 1 N–H and O–H groups in total. The molecule has 118 valence electrons. The lowest BCUT2D eigenvalue weighted by atomic mass is 9.97. The Balaban J connectivity index is 1.61. The van der Waals surface area contributed by atoms with E-state index in [9.17, 15) is 4.79 Å². The molecule has 1 unspecified atom stereocenters. The topological polar surface area (TPSA) is 87.9 Å². The number of tetrazole rings is 1. The van der Waals surface area contributed by atoms with Gasteiger partial charge in [0, 0.05) is 30.0 Å². The molecule has 23 heavy (non-hydrogen) atoms. The van der Waals surface area contributed by atoms with E-state index in [0.717, 1.165) is 35.9 Å². The minimum Gasteiger partial charge on any atom is -0.451 e. The summed E-state index contributed by atoms with van der Waals surface area (Å²) in [7, 11) is 0. The van der Waals surface area contributed by atoms with Crippen molar-refractivity contribution in [3.05, 3.63) is 41.4 Å². The number of H-pyrrole nitrogens is 1. The fourth-order valence-electron chi connectivity index (χ4n) is 3.24. The Morgan fingerprint density at radius 3 is 3.04 bits per heavy atom. The van der Waals surface area contributed by atoms with Crippen LogP contribution < -0.4 is 0 Å². The SMILES string of the molecule is Cc1c(C(=O)N2CCCC(c3nn[nH]n3)C2)oc2ccccc12. The number of hydrogen-bond acceptors (Lipinski definition) is 5. The normalized spacial score (nSPS) is 18.5. The number of nitrogens with zero attached hydrogens (tertiary/aromatic N) is 4. The second-order valence-electron chi connectivity index (χ2n) is 5.91. The van der Waals surface area contributed by atoms with Crippen LogP contribution in [0.1, 0.15) is 40.7 Å². The van der Waals surface area contributed by atoms with Crippen LogP contribution in [0.25, 0.3) is 11.0 Å². The molecule has 1 aliphatic heterocycles. The molecule has 0 spiro atoms. The summed E-state index contributed by atoms with van der Waals surface area (Å²) in [6.07, 6.45) is 1.88. The molecule has 1 fully saturated rings. The van der Waals surface area contributed by atoms with Gasteiger partial charge in [-0.05, 0) is 25.8 Å². The first-order valence-electron chi connectivity index (χ1n) is 7.75. The fourth-order valence-corrected chi connectivity index (χ4v) is 3.24. The number of hydrogen-bond donors (Lipinski definition) is 1. The monoisotopic (exact) mass is 311 g/mol. The van der Waals surface area contributed by atoms with Gasteiger partial charge in [-0.2, -0.15) is 5.21 Å². The third kappa shape index (κ3) is 2.38. The molecule has 1 atom stereocenters. The third-order valence-electron chi connectivity index (χ3n) is 4.47. The van der Waals surface area contributed by atoms with Gasteiger partial charge >= 0.3 is 0 Å². The van der Waals surface area contributed by atoms with E-state index in [1.807, 2.05) is 36.1 Å². The van der Waals surface area contributed by atoms with E-state index in [2.05, 4.69) is 20.6 Å². The average molecular weight is 311 g/mol. The first kappa shape index (κ1) is 13.9. The highest BCUT2D eigenvalue weighted by molar-refractivity contribution is 5.99. The lowest BCUT2D eigenvalue weighted by Gasteiger charge is -2.30. The van der Waals surface area contributed by atoms with E-state index in [4.69, 9.17) is 4.42 Å². The predicted molar refractivity (Wildman–Crippen MR) is 83.0 cm³/mol. The van der Waals surface area contributed by atoms with Crippen LogP contribution in [0.15, 0.2) is 28.7 Å². The second kappa shape index (κ2) is 5.49. The second-order valence-corrected chi connectivity index (χ2v) is 5.91. The van der Waals surface area contributed by atoms with Crippen molar-refractivity contribution >= 4 is 16.9 Å². The number of aromatic amines is 1. The van der Waals surface area contributed by atoms with Gasteiger partial charge in [-0.1, -0.05) is 23.4 Å². The molecule has 0 radical (unpaired) electrons. The Morgan fingerprint density at radius 2 is 2.26 bits per heavy atom. The summed E-state index contributed by atoms with van der Waals surface area (Å²) < 4.78 is 5.80.